The molecular formula is C36H54N6O8. The average molecular weight is 699 g/mol. The van der Waals surface area contributed by atoms with Crippen LogP contribution in [0.2, 0.25) is 0 Å². The van der Waals surface area contributed by atoms with Crippen LogP contribution < -0.4 is 0 Å². The third kappa shape index (κ3) is 10.3. The molecule has 0 spiro atoms. The maximum Gasteiger partial charge on any atom is 0.323 e. The topological polar surface area (TPSA) is 159 Å². The van der Waals surface area contributed by atoms with E-state index in [0.717, 1.165) is 5.56 Å². The molecule has 2 aliphatic rings. The van der Waals surface area contributed by atoms with Crippen LogP contribution in [0.1, 0.15) is 79.7 Å². The van der Waals surface area contributed by atoms with Crippen molar-refractivity contribution in [2.45, 2.75) is 111 Å². The lowest BCUT2D eigenvalue weighted by molar-refractivity contribution is -0.153. The summed E-state index contributed by atoms with van der Waals surface area (Å²) in [6.07, 6.45) is 1.97. The number of carbonyl (C=O) groups is 7. The van der Waals surface area contributed by atoms with Crippen LogP contribution in [-0.2, 0) is 40.1 Å². The summed E-state index contributed by atoms with van der Waals surface area (Å²) in [4.78, 5) is 101. The SMILES string of the molecule is CC(=O)N(CC(=O)N(CC(=O)N1CCC[C@@H]1C(=O)N1CCC[C@@H]1C(=O)N(CC(=O)N(CC(=O)O)C(C)C)C(C)C)C(C)C)Cc1ccccc1. The highest BCUT2D eigenvalue weighted by atomic mass is 16.4. The van der Waals surface area contributed by atoms with Crippen LogP contribution in [0.3, 0.4) is 0 Å². The van der Waals surface area contributed by atoms with Gasteiger partial charge in [-0.15, -0.1) is 0 Å². The minimum atomic E-state index is -1.15. The maximum absolute atomic E-state index is 14.1. The third-order valence-electron chi connectivity index (χ3n) is 9.38. The van der Waals surface area contributed by atoms with Gasteiger partial charge in [0.2, 0.25) is 35.4 Å². The fourth-order valence-corrected chi connectivity index (χ4v) is 6.58. The lowest BCUT2D eigenvalue weighted by Gasteiger charge is -2.36. The molecule has 0 saturated carbocycles. The van der Waals surface area contributed by atoms with Crippen LogP contribution in [0.5, 0.6) is 0 Å². The molecule has 3 rings (SSSR count). The molecule has 2 saturated heterocycles. The molecule has 1 N–H and O–H groups in total. The Morgan fingerprint density at radius 1 is 0.700 bits per heavy atom. The summed E-state index contributed by atoms with van der Waals surface area (Å²) >= 11 is 0. The molecule has 2 atom stereocenters. The van der Waals surface area contributed by atoms with Crippen molar-refractivity contribution < 1.29 is 38.7 Å². The number of benzene rings is 1. The van der Waals surface area contributed by atoms with Crippen LogP contribution in [0, 0.1) is 0 Å². The molecule has 0 radical (unpaired) electrons. The van der Waals surface area contributed by atoms with E-state index in [0.29, 0.717) is 38.8 Å². The number of rotatable bonds is 15. The van der Waals surface area contributed by atoms with Crippen molar-refractivity contribution in [2.24, 2.45) is 0 Å². The van der Waals surface area contributed by atoms with Gasteiger partial charge in [0.15, 0.2) is 0 Å². The molecule has 2 aliphatic heterocycles. The average Bonchev–Trinajstić information content (AvgIpc) is 3.74. The molecule has 0 aromatic heterocycles. The Labute approximate surface area is 295 Å². The van der Waals surface area contributed by atoms with Gasteiger partial charge in [0.25, 0.3) is 0 Å². The molecule has 14 nitrogen and oxygen atoms in total. The monoisotopic (exact) mass is 698 g/mol. The number of nitrogens with zero attached hydrogens (tertiary/aromatic N) is 6. The first kappa shape index (κ1) is 39.9. The van der Waals surface area contributed by atoms with E-state index in [1.165, 1.54) is 36.3 Å². The van der Waals surface area contributed by atoms with E-state index in [-0.39, 0.29) is 61.9 Å². The lowest BCUT2D eigenvalue weighted by atomic mass is 10.1. The third-order valence-corrected chi connectivity index (χ3v) is 9.38. The highest BCUT2D eigenvalue weighted by Gasteiger charge is 2.44. The van der Waals surface area contributed by atoms with Gasteiger partial charge >= 0.3 is 5.97 Å². The maximum atomic E-state index is 14.1. The molecule has 0 aliphatic carbocycles. The Morgan fingerprint density at radius 2 is 1.22 bits per heavy atom. The second-order valence-electron chi connectivity index (χ2n) is 14.0. The standard InChI is InChI=1S/C36H54N6O8/c1-24(2)40(31(44)20-37(27(7)43)19-28-13-9-8-10-14-28)21-32(45)38-17-11-15-29(38)35(49)39-18-12-16-30(39)36(50)42(26(5)6)22-33(46)41(25(3)4)23-34(47)48/h8-10,13-14,24-26,29-30H,11-12,15-23H2,1-7H3,(H,47,48)/t29-,30-/m1/s1. The van der Waals surface area contributed by atoms with E-state index in [1.54, 1.807) is 41.5 Å². The van der Waals surface area contributed by atoms with E-state index in [1.807, 2.05) is 30.3 Å². The number of carboxylic acids is 1. The smallest absolute Gasteiger partial charge is 0.323 e. The lowest BCUT2D eigenvalue weighted by Crippen LogP contribution is -2.57. The largest absolute Gasteiger partial charge is 0.480 e. The van der Waals surface area contributed by atoms with E-state index in [2.05, 4.69) is 0 Å². The highest BCUT2D eigenvalue weighted by molar-refractivity contribution is 5.95. The van der Waals surface area contributed by atoms with Crippen molar-refractivity contribution >= 4 is 41.4 Å². The Bertz CT molecular complexity index is 1400. The van der Waals surface area contributed by atoms with Gasteiger partial charge in [-0.05, 0) is 72.8 Å². The van der Waals surface area contributed by atoms with Gasteiger partial charge < -0.3 is 34.5 Å². The van der Waals surface area contributed by atoms with Crippen molar-refractivity contribution in [3.63, 3.8) is 0 Å². The Balaban J connectivity index is 1.72. The van der Waals surface area contributed by atoms with Gasteiger partial charge in [-0.2, -0.15) is 0 Å². The number of likely N-dealkylation sites (tertiary alicyclic amines) is 2. The molecule has 2 heterocycles. The molecule has 50 heavy (non-hydrogen) atoms. The molecule has 1 aromatic carbocycles. The summed E-state index contributed by atoms with van der Waals surface area (Å²) < 4.78 is 0. The van der Waals surface area contributed by atoms with E-state index >= 15 is 0 Å². The van der Waals surface area contributed by atoms with Gasteiger partial charge in [-0.3, -0.25) is 33.6 Å². The van der Waals surface area contributed by atoms with Gasteiger partial charge in [0.1, 0.15) is 38.3 Å². The Morgan fingerprint density at radius 3 is 1.76 bits per heavy atom. The van der Waals surface area contributed by atoms with Crippen molar-refractivity contribution in [3.05, 3.63) is 35.9 Å². The first-order valence-electron chi connectivity index (χ1n) is 17.5. The van der Waals surface area contributed by atoms with Crippen LogP contribution in [0.25, 0.3) is 0 Å². The summed E-state index contributed by atoms with van der Waals surface area (Å²) in [5.74, 6) is -3.42. The molecule has 276 valence electrons. The molecule has 14 heteroatoms. The summed E-state index contributed by atoms with van der Waals surface area (Å²) in [7, 11) is 0. The number of amides is 6. The zero-order chi connectivity index (χ0) is 37.3. The zero-order valence-electron chi connectivity index (χ0n) is 30.5. The van der Waals surface area contributed by atoms with E-state index in [9.17, 15) is 38.7 Å². The minimum Gasteiger partial charge on any atom is -0.480 e. The van der Waals surface area contributed by atoms with E-state index < -0.39 is 42.5 Å². The quantitative estimate of drug-likeness (QED) is 0.291. The molecular weight excluding hydrogens is 644 g/mol. The van der Waals surface area contributed by atoms with Crippen LogP contribution >= 0.6 is 0 Å². The van der Waals surface area contributed by atoms with Crippen molar-refractivity contribution in [1.29, 1.82) is 0 Å². The normalized spacial score (nSPS) is 17.3. The fourth-order valence-electron chi connectivity index (χ4n) is 6.58. The molecule has 2 fully saturated rings. The van der Waals surface area contributed by atoms with Crippen molar-refractivity contribution in [1.82, 2.24) is 29.4 Å². The van der Waals surface area contributed by atoms with Crippen LogP contribution in [0.15, 0.2) is 30.3 Å². The zero-order valence-corrected chi connectivity index (χ0v) is 30.5. The molecule has 6 amide bonds. The Hall–Kier alpha value is -4.49. The van der Waals surface area contributed by atoms with Crippen molar-refractivity contribution in [2.75, 3.05) is 39.3 Å². The van der Waals surface area contributed by atoms with Gasteiger partial charge in [0.05, 0.1) is 0 Å². The molecule has 0 bridgehead atoms. The summed E-state index contributed by atoms with van der Waals surface area (Å²) in [5, 5.41) is 9.29. The second kappa shape index (κ2) is 18.0. The first-order valence-corrected chi connectivity index (χ1v) is 17.5. The second-order valence-corrected chi connectivity index (χ2v) is 14.0. The molecule has 1 aromatic rings. The summed E-state index contributed by atoms with van der Waals surface area (Å²) in [6, 6.07) is 6.58. The van der Waals surface area contributed by atoms with Crippen LogP contribution in [0.4, 0.5) is 0 Å². The number of hydrogen-bond donors (Lipinski definition) is 1. The van der Waals surface area contributed by atoms with E-state index in [4.69, 9.17) is 0 Å². The number of carboxylic acid groups (broad SMARTS) is 1. The van der Waals surface area contributed by atoms with Crippen LogP contribution in [-0.4, -0.2) is 145 Å². The fraction of sp³-hybridized carbons (Fsp3) is 0.639. The van der Waals surface area contributed by atoms with Gasteiger partial charge in [0, 0.05) is 44.7 Å². The molecule has 0 unspecified atom stereocenters. The Kier molecular flexibility index (Phi) is 14.3. The first-order chi connectivity index (χ1) is 23.5. The summed E-state index contributed by atoms with van der Waals surface area (Å²) in [5.41, 5.74) is 0.874. The predicted octanol–water partition coefficient (Wildman–Crippen LogP) is 1.81. The predicted molar refractivity (Wildman–Crippen MR) is 185 cm³/mol. The number of hydrogen-bond acceptors (Lipinski definition) is 7. The summed E-state index contributed by atoms with van der Waals surface area (Å²) in [6.45, 7) is 11.6. The highest BCUT2D eigenvalue weighted by Crippen LogP contribution is 2.27. The van der Waals surface area contributed by atoms with Crippen molar-refractivity contribution in [3.8, 4) is 0 Å². The minimum absolute atomic E-state index is 0.199. The van der Waals surface area contributed by atoms with Gasteiger partial charge in [-0.25, -0.2) is 0 Å². The number of carbonyl (C=O) groups excluding carboxylic acids is 6. The number of aliphatic carboxylic acids is 1. The van der Waals surface area contributed by atoms with Gasteiger partial charge in [-0.1, -0.05) is 30.3 Å².